The fourth-order valence-electron chi connectivity index (χ4n) is 4.71. The van der Waals surface area contributed by atoms with Crippen molar-refractivity contribution in [2.75, 3.05) is 31.1 Å². The maximum absolute atomic E-state index is 12.9. The van der Waals surface area contributed by atoms with E-state index >= 15 is 0 Å². The van der Waals surface area contributed by atoms with E-state index in [-0.39, 0.29) is 28.8 Å². The molecule has 9 nitrogen and oxygen atoms in total. The Morgan fingerprint density at radius 3 is 2.47 bits per heavy atom. The van der Waals surface area contributed by atoms with E-state index in [9.17, 15) is 14.4 Å². The third-order valence-corrected chi connectivity index (χ3v) is 6.60. The van der Waals surface area contributed by atoms with Crippen LogP contribution in [0.15, 0.2) is 46.2 Å². The van der Waals surface area contributed by atoms with Gasteiger partial charge in [0.2, 0.25) is 0 Å². The van der Waals surface area contributed by atoms with Gasteiger partial charge in [0.15, 0.2) is 0 Å². The molecule has 0 bridgehead atoms. The summed E-state index contributed by atoms with van der Waals surface area (Å²) in [5.41, 5.74) is 1.76. The lowest BCUT2D eigenvalue weighted by Gasteiger charge is -2.36. The Balaban J connectivity index is 1.30. The highest BCUT2D eigenvalue weighted by Gasteiger charge is 2.24. The first-order valence-electron chi connectivity index (χ1n) is 11.1. The zero-order valence-electron chi connectivity index (χ0n) is 18.1. The van der Waals surface area contributed by atoms with Crippen LogP contribution < -0.4 is 16.0 Å². The number of carbonyl (C=O) groups is 1. The molecule has 1 amide bonds. The van der Waals surface area contributed by atoms with Crippen LogP contribution in [0.25, 0.3) is 10.9 Å². The number of hydrogen-bond acceptors (Lipinski definition) is 6. The van der Waals surface area contributed by atoms with Crippen molar-refractivity contribution in [3.05, 3.63) is 63.1 Å². The Labute approximate surface area is 184 Å². The summed E-state index contributed by atoms with van der Waals surface area (Å²) in [5.74, 6) is -0.173. The minimum absolute atomic E-state index is 0.0358. The van der Waals surface area contributed by atoms with Gasteiger partial charge in [0.1, 0.15) is 5.69 Å². The largest absolute Gasteiger partial charge is 0.368 e. The van der Waals surface area contributed by atoms with Crippen LogP contribution in [0.5, 0.6) is 0 Å². The summed E-state index contributed by atoms with van der Waals surface area (Å²) >= 11 is 0. The van der Waals surface area contributed by atoms with Crippen LogP contribution in [0.1, 0.15) is 42.2 Å². The molecule has 0 atom stereocenters. The summed E-state index contributed by atoms with van der Waals surface area (Å²) in [6.07, 6.45) is 6.12. The first kappa shape index (κ1) is 20.4. The zero-order valence-corrected chi connectivity index (χ0v) is 18.1. The fraction of sp³-hybridized carbons (Fsp3) is 0.435. The number of carbonyl (C=O) groups excluding carboxylic acids is 1. The molecule has 166 valence electrons. The fourth-order valence-corrected chi connectivity index (χ4v) is 4.71. The van der Waals surface area contributed by atoms with Gasteiger partial charge in [-0.05, 0) is 37.1 Å². The molecular weight excluding hydrogens is 408 g/mol. The summed E-state index contributed by atoms with van der Waals surface area (Å²) in [6, 6.07) is 8.91. The first-order valence-corrected chi connectivity index (χ1v) is 11.1. The lowest BCUT2D eigenvalue weighted by molar-refractivity contribution is 0.0738. The Kier molecular flexibility index (Phi) is 5.24. The van der Waals surface area contributed by atoms with Crippen molar-refractivity contribution < 1.29 is 4.79 Å². The van der Waals surface area contributed by atoms with E-state index < -0.39 is 0 Å². The number of benzene rings is 1. The molecule has 2 aliphatic rings. The van der Waals surface area contributed by atoms with Crippen LogP contribution in [-0.4, -0.2) is 56.3 Å². The van der Waals surface area contributed by atoms with Crippen LogP contribution in [0, 0.1) is 0 Å². The molecule has 2 aromatic heterocycles. The number of aryl methyl sites for hydroxylation is 1. The molecule has 9 heteroatoms. The molecular formula is C23H26N6O3. The van der Waals surface area contributed by atoms with Crippen LogP contribution in [0.2, 0.25) is 0 Å². The second-order valence-corrected chi connectivity index (χ2v) is 8.56. The molecule has 1 saturated carbocycles. The molecule has 0 N–H and O–H groups in total. The highest BCUT2D eigenvalue weighted by atomic mass is 16.2. The van der Waals surface area contributed by atoms with E-state index in [0.29, 0.717) is 37.1 Å². The third-order valence-electron chi connectivity index (χ3n) is 6.60. The minimum atomic E-state index is -0.244. The van der Waals surface area contributed by atoms with Crippen molar-refractivity contribution in [2.45, 2.75) is 31.7 Å². The van der Waals surface area contributed by atoms with Crippen LogP contribution in [0.4, 0.5) is 5.69 Å². The van der Waals surface area contributed by atoms with Crippen molar-refractivity contribution in [3.63, 3.8) is 0 Å². The maximum atomic E-state index is 12.9. The third kappa shape index (κ3) is 3.68. The highest BCUT2D eigenvalue weighted by molar-refractivity contribution is 5.92. The summed E-state index contributed by atoms with van der Waals surface area (Å²) in [7, 11) is 1.54. The predicted molar refractivity (Wildman–Crippen MR) is 121 cm³/mol. The van der Waals surface area contributed by atoms with Crippen LogP contribution in [0.3, 0.4) is 0 Å². The van der Waals surface area contributed by atoms with Gasteiger partial charge in [0, 0.05) is 51.0 Å². The molecule has 1 saturated heterocycles. The Bertz CT molecular complexity index is 1280. The lowest BCUT2D eigenvalue weighted by Crippen LogP contribution is -2.49. The number of rotatable bonds is 3. The topological polar surface area (TPSA) is 93.3 Å². The summed E-state index contributed by atoms with van der Waals surface area (Å²) in [4.78, 5) is 45.7. The Morgan fingerprint density at radius 1 is 1.00 bits per heavy atom. The van der Waals surface area contributed by atoms with E-state index in [4.69, 9.17) is 0 Å². The average molecular weight is 435 g/mol. The monoisotopic (exact) mass is 434 g/mol. The number of piperazine rings is 1. The van der Waals surface area contributed by atoms with Crippen molar-refractivity contribution >= 4 is 22.5 Å². The second kappa shape index (κ2) is 8.22. The van der Waals surface area contributed by atoms with Gasteiger partial charge in [-0.2, -0.15) is 5.10 Å². The van der Waals surface area contributed by atoms with Crippen molar-refractivity contribution in [2.24, 2.45) is 7.05 Å². The summed E-state index contributed by atoms with van der Waals surface area (Å²) in [5, 5.41) is 4.71. The molecule has 0 spiro atoms. The van der Waals surface area contributed by atoms with Crippen molar-refractivity contribution in [3.8, 4) is 0 Å². The van der Waals surface area contributed by atoms with E-state index in [1.807, 2.05) is 18.2 Å². The van der Waals surface area contributed by atoms with Gasteiger partial charge in [-0.1, -0.05) is 12.8 Å². The Hall–Kier alpha value is -3.49. The van der Waals surface area contributed by atoms with Gasteiger partial charge in [0.05, 0.1) is 17.2 Å². The van der Waals surface area contributed by atoms with Gasteiger partial charge < -0.3 is 9.80 Å². The second-order valence-electron chi connectivity index (χ2n) is 8.56. The molecule has 5 rings (SSSR count). The quantitative estimate of drug-likeness (QED) is 0.621. The first-order chi connectivity index (χ1) is 15.5. The van der Waals surface area contributed by atoms with Gasteiger partial charge >= 0.3 is 0 Å². The maximum Gasteiger partial charge on any atom is 0.274 e. The SMILES string of the molecule is Cn1nc(C(=O)N2CCN(c3ccc4c(=O)n(C5CCCC5)cnc4c3)CC2)ccc1=O. The van der Waals surface area contributed by atoms with E-state index in [1.54, 1.807) is 15.8 Å². The molecule has 1 aliphatic carbocycles. The summed E-state index contributed by atoms with van der Waals surface area (Å²) < 4.78 is 2.97. The van der Waals surface area contributed by atoms with E-state index in [0.717, 1.165) is 18.5 Å². The van der Waals surface area contributed by atoms with Gasteiger partial charge in [-0.15, -0.1) is 0 Å². The molecule has 2 fully saturated rings. The van der Waals surface area contributed by atoms with E-state index in [1.165, 1.54) is 36.7 Å². The molecule has 32 heavy (non-hydrogen) atoms. The van der Waals surface area contributed by atoms with Gasteiger partial charge in [-0.3, -0.25) is 19.0 Å². The number of fused-ring (bicyclic) bond motifs is 1. The molecule has 0 radical (unpaired) electrons. The standard InChI is InChI=1S/C23H26N6O3/c1-26-21(30)9-8-19(25-26)23(32)28-12-10-27(11-13-28)17-6-7-18-20(14-17)24-15-29(22(18)31)16-4-2-3-5-16/h6-9,14-16H,2-5,10-13H2,1H3. The zero-order chi connectivity index (χ0) is 22.2. The highest BCUT2D eigenvalue weighted by Crippen LogP contribution is 2.28. The smallest absolute Gasteiger partial charge is 0.274 e. The minimum Gasteiger partial charge on any atom is -0.368 e. The van der Waals surface area contributed by atoms with Gasteiger partial charge in [-0.25, -0.2) is 9.67 Å². The molecule has 3 heterocycles. The lowest BCUT2D eigenvalue weighted by atomic mass is 10.1. The van der Waals surface area contributed by atoms with E-state index in [2.05, 4.69) is 15.0 Å². The number of amides is 1. The number of hydrogen-bond donors (Lipinski definition) is 0. The predicted octanol–water partition coefficient (Wildman–Crippen LogP) is 1.57. The van der Waals surface area contributed by atoms with Gasteiger partial charge in [0.25, 0.3) is 17.0 Å². The van der Waals surface area contributed by atoms with Crippen molar-refractivity contribution in [1.82, 2.24) is 24.2 Å². The van der Waals surface area contributed by atoms with Crippen LogP contribution in [-0.2, 0) is 7.05 Å². The van der Waals surface area contributed by atoms with Crippen molar-refractivity contribution in [1.29, 1.82) is 0 Å². The molecule has 1 aliphatic heterocycles. The molecule has 1 aromatic carbocycles. The van der Waals surface area contributed by atoms with Crippen LogP contribution >= 0.6 is 0 Å². The summed E-state index contributed by atoms with van der Waals surface area (Å²) in [6.45, 7) is 2.44. The number of anilines is 1. The number of aromatic nitrogens is 4. The number of nitrogens with zero attached hydrogens (tertiary/aromatic N) is 6. The molecule has 0 unspecified atom stereocenters. The normalized spacial score (nSPS) is 17.3. The Morgan fingerprint density at radius 2 is 1.75 bits per heavy atom. The average Bonchev–Trinajstić information content (AvgIpc) is 3.35. The molecule has 3 aromatic rings.